The zero-order valence-corrected chi connectivity index (χ0v) is 15.6. The zero-order valence-electron chi connectivity index (χ0n) is 14.9. The van der Waals surface area contributed by atoms with Gasteiger partial charge in [0.2, 0.25) is 5.95 Å². The molecule has 28 heavy (non-hydrogen) atoms. The lowest BCUT2D eigenvalue weighted by Gasteiger charge is -2.08. The van der Waals surface area contributed by atoms with Crippen LogP contribution in [0.5, 0.6) is 5.75 Å². The minimum Gasteiger partial charge on any atom is -0.494 e. The number of ether oxygens (including phenoxy) is 1. The topological polar surface area (TPSA) is 109 Å². The van der Waals surface area contributed by atoms with Crippen LogP contribution in [0.2, 0.25) is 5.02 Å². The fourth-order valence-electron chi connectivity index (χ4n) is 2.59. The number of nitrogens with zero attached hydrogens (tertiary/aromatic N) is 5. The molecule has 2 N–H and O–H groups in total. The lowest BCUT2D eigenvalue weighted by Crippen LogP contribution is -2.08. The van der Waals surface area contributed by atoms with Crippen molar-refractivity contribution in [3.8, 4) is 34.3 Å². The van der Waals surface area contributed by atoms with E-state index in [9.17, 15) is 4.39 Å². The van der Waals surface area contributed by atoms with Crippen molar-refractivity contribution in [2.75, 3.05) is 25.6 Å². The van der Waals surface area contributed by atoms with Gasteiger partial charge in [0.25, 0.3) is 0 Å². The molecule has 0 aliphatic carbocycles. The molecule has 2 aromatic heterocycles. The molecule has 0 unspecified atom stereocenters. The summed E-state index contributed by atoms with van der Waals surface area (Å²) in [4.78, 5) is 8.51. The monoisotopic (exact) mass is 402 g/mol. The maximum absolute atomic E-state index is 14.0. The Morgan fingerprint density at radius 3 is 2.96 bits per heavy atom. The minimum atomic E-state index is -0.663. The van der Waals surface area contributed by atoms with Crippen molar-refractivity contribution in [3.05, 3.63) is 41.4 Å². The molecule has 0 saturated heterocycles. The van der Waals surface area contributed by atoms with Gasteiger partial charge in [0.05, 0.1) is 30.5 Å². The first kappa shape index (κ1) is 19.5. The molecule has 0 radical (unpaired) electrons. The molecule has 10 heteroatoms. The molecule has 0 aliphatic rings. The number of aliphatic hydroxyl groups is 1. The van der Waals surface area contributed by atoms with Gasteiger partial charge in [0.1, 0.15) is 12.2 Å². The number of rotatable bonds is 7. The third kappa shape index (κ3) is 4.03. The Bertz CT molecular complexity index is 1030. The van der Waals surface area contributed by atoms with E-state index in [1.807, 2.05) is 6.07 Å². The fourth-order valence-corrected chi connectivity index (χ4v) is 2.80. The third-order valence-electron chi connectivity index (χ3n) is 3.81. The second-order valence-electron chi connectivity index (χ2n) is 5.64. The number of methoxy groups -OCH3 is 1. The highest BCUT2D eigenvalue weighted by molar-refractivity contribution is 6.31. The number of aliphatic hydroxyl groups excluding tert-OH is 1. The molecule has 3 rings (SSSR count). The highest BCUT2D eigenvalue weighted by Crippen LogP contribution is 2.36. The second-order valence-corrected chi connectivity index (χ2v) is 6.04. The largest absolute Gasteiger partial charge is 0.494 e. The summed E-state index contributed by atoms with van der Waals surface area (Å²) in [7, 11) is 1.34. The number of benzene rings is 1. The number of nitriles is 1. The summed E-state index contributed by atoms with van der Waals surface area (Å²) < 4.78 is 20.5. The molecular weight excluding hydrogens is 387 g/mol. The van der Waals surface area contributed by atoms with Crippen LogP contribution in [0.15, 0.2) is 30.6 Å². The maximum Gasteiger partial charge on any atom is 0.223 e. The predicted molar refractivity (Wildman–Crippen MR) is 101 cm³/mol. The van der Waals surface area contributed by atoms with Crippen LogP contribution in [0, 0.1) is 17.1 Å². The molecule has 8 nitrogen and oxygen atoms in total. The van der Waals surface area contributed by atoms with Gasteiger partial charge in [-0.15, -0.1) is 0 Å². The molecule has 2 heterocycles. The van der Waals surface area contributed by atoms with E-state index in [1.165, 1.54) is 23.9 Å². The second kappa shape index (κ2) is 8.65. The molecule has 0 saturated carbocycles. The molecule has 0 spiro atoms. The minimum absolute atomic E-state index is 0.0173. The molecule has 0 atom stereocenters. The average molecular weight is 403 g/mol. The number of hydrogen-bond donors (Lipinski definition) is 2. The van der Waals surface area contributed by atoms with Crippen LogP contribution in [0.25, 0.3) is 22.5 Å². The Morgan fingerprint density at radius 2 is 2.25 bits per heavy atom. The first-order chi connectivity index (χ1) is 13.6. The van der Waals surface area contributed by atoms with Crippen molar-refractivity contribution < 1.29 is 14.2 Å². The number of aromatic nitrogens is 4. The van der Waals surface area contributed by atoms with E-state index in [1.54, 1.807) is 18.5 Å². The summed E-state index contributed by atoms with van der Waals surface area (Å²) in [5.74, 6) is -0.347. The Morgan fingerprint density at radius 1 is 1.43 bits per heavy atom. The number of halogens is 2. The quantitative estimate of drug-likeness (QED) is 0.625. The van der Waals surface area contributed by atoms with E-state index >= 15 is 0 Å². The summed E-state index contributed by atoms with van der Waals surface area (Å²) in [5.41, 5.74) is 2.11. The van der Waals surface area contributed by atoms with Crippen LogP contribution < -0.4 is 10.1 Å². The van der Waals surface area contributed by atoms with Gasteiger partial charge >= 0.3 is 0 Å². The van der Waals surface area contributed by atoms with Crippen LogP contribution in [0.4, 0.5) is 10.3 Å². The summed E-state index contributed by atoms with van der Waals surface area (Å²) >= 11 is 6.00. The molecule has 0 fully saturated rings. The van der Waals surface area contributed by atoms with Gasteiger partial charge in [-0.05, 0) is 18.2 Å². The van der Waals surface area contributed by atoms with Crippen molar-refractivity contribution >= 4 is 17.5 Å². The van der Waals surface area contributed by atoms with E-state index in [0.717, 1.165) is 0 Å². The van der Waals surface area contributed by atoms with E-state index in [4.69, 9.17) is 26.7 Å². The van der Waals surface area contributed by atoms with Crippen LogP contribution in [-0.4, -0.2) is 45.1 Å². The molecule has 0 aliphatic heterocycles. The van der Waals surface area contributed by atoms with Gasteiger partial charge in [0, 0.05) is 30.1 Å². The van der Waals surface area contributed by atoms with Gasteiger partial charge in [-0.2, -0.15) is 10.4 Å². The van der Waals surface area contributed by atoms with Gasteiger partial charge in [0.15, 0.2) is 11.6 Å². The van der Waals surface area contributed by atoms with E-state index in [-0.39, 0.29) is 23.9 Å². The summed E-state index contributed by atoms with van der Waals surface area (Å²) in [6.45, 7) is 0.265. The van der Waals surface area contributed by atoms with Crippen molar-refractivity contribution in [3.63, 3.8) is 0 Å². The van der Waals surface area contributed by atoms with Crippen molar-refractivity contribution in [1.29, 1.82) is 5.26 Å². The lowest BCUT2D eigenvalue weighted by atomic mass is 10.1. The number of anilines is 1. The summed E-state index contributed by atoms with van der Waals surface area (Å²) in [5, 5.41) is 25.2. The van der Waals surface area contributed by atoms with Crippen LogP contribution in [0.1, 0.15) is 0 Å². The first-order valence-corrected chi connectivity index (χ1v) is 8.61. The Labute approximate surface area is 165 Å². The highest BCUT2D eigenvalue weighted by Gasteiger charge is 2.19. The molecule has 0 bridgehead atoms. The zero-order chi connectivity index (χ0) is 20.1. The molecule has 0 amide bonds. The average Bonchev–Trinajstić information content (AvgIpc) is 3.13. The maximum atomic E-state index is 14.0. The van der Waals surface area contributed by atoms with Gasteiger partial charge < -0.3 is 15.2 Å². The normalized spacial score (nSPS) is 10.5. The van der Waals surface area contributed by atoms with E-state index in [2.05, 4.69) is 20.4 Å². The summed E-state index contributed by atoms with van der Waals surface area (Å²) in [6, 6.07) is 6.63. The Kier molecular flexibility index (Phi) is 6.03. The molecular formula is C18H16ClFN6O2. The predicted octanol–water partition coefficient (Wildman–Crippen LogP) is 2.74. The molecule has 144 valence electrons. The number of hydrogen-bond acceptors (Lipinski definition) is 7. The van der Waals surface area contributed by atoms with Crippen LogP contribution >= 0.6 is 11.6 Å². The van der Waals surface area contributed by atoms with Crippen molar-refractivity contribution in [2.45, 2.75) is 6.54 Å². The summed E-state index contributed by atoms with van der Waals surface area (Å²) in [6.07, 6.45) is 3.23. The fraction of sp³-hybridized carbons (Fsp3) is 0.222. The highest BCUT2D eigenvalue weighted by atomic mass is 35.5. The van der Waals surface area contributed by atoms with E-state index < -0.39 is 5.82 Å². The Hall–Kier alpha value is -3.22. The van der Waals surface area contributed by atoms with E-state index in [0.29, 0.717) is 35.0 Å². The number of nitrogens with one attached hydrogen (secondary N) is 1. The molecule has 3 aromatic rings. The smallest absolute Gasteiger partial charge is 0.223 e. The third-order valence-corrected chi connectivity index (χ3v) is 4.08. The molecule has 1 aromatic carbocycles. The van der Waals surface area contributed by atoms with Crippen LogP contribution in [-0.2, 0) is 6.54 Å². The van der Waals surface area contributed by atoms with Gasteiger partial charge in [-0.3, -0.25) is 4.68 Å². The van der Waals surface area contributed by atoms with Gasteiger partial charge in [-0.25, -0.2) is 14.4 Å². The Balaban J connectivity index is 2.13. The van der Waals surface area contributed by atoms with Crippen molar-refractivity contribution in [1.82, 2.24) is 19.7 Å². The lowest BCUT2D eigenvalue weighted by molar-refractivity contribution is 0.311. The van der Waals surface area contributed by atoms with Crippen molar-refractivity contribution in [2.24, 2.45) is 0 Å². The SMILES string of the molecule is COc1cc(-c2nn(CC#N)cc2-c2ccnc(NCCO)n2)cc(Cl)c1F. The van der Waals surface area contributed by atoms with Crippen LogP contribution in [0.3, 0.4) is 0 Å². The van der Waals surface area contributed by atoms with Gasteiger partial charge in [-0.1, -0.05) is 11.6 Å². The first-order valence-electron chi connectivity index (χ1n) is 8.23. The standard InChI is InChI=1S/C18H16ClFN6O2/c1-28-15-9-11(8-13(19)16(15)20)17-12(10-26(25-17)6-3-21)14-2-4-22-18(24-14)23-5-7-27/h2,4,8-10,27H,5-7H2,1H3,(H,22,23,24).